The van der Waals surface area contributed by atoms with Crippen molar-refractivity contribution in [1.82, 2.24) is 24.6 Å². The molecule has 2 aromatic carbocycles. The Morgan fingerprint density at radius 1 is 0.952 bits per heavy atom. The number of amides is 1. The minimum absolute atomic E-state index is 0.172. The first-order chi connectivity index (χ1) is 20.3. The van der Waals surface area contributed by atoms with Gasteiger partial charge in [0.2, 0.25) is 0 Å². The third-order valence-electron chi connectivity index (χ3n) is 6.84. The number of alkyl halides is 3. The van der Waals surface area contributed by atoms with Crippen molar-refractivity contribution in [1.29, 1.82) is 0 Å². The Labute approximate surface area is 252 Å². The van der Waals surface area contributed by atoms with Crippen LogP contribution in [0.3, 0.4) is 0 Å². The number of anilines is 1. The Kier molecular flexibility index (Phi) is 8.06. The molecule has 0 unspecified atom stereocenters. The number of rotatable bonds is 7. The summed E-state index contributed by atoms with van der Waals surface area (Å²) in [4.78, 5) is 22.4. The second kappa shape index (κ2) is 11.9. The smallest absolute Gasteiger partial charge is 0.368 e. The Morgan fingerprint density at radius 3 is 2.48 bits per heavy atom. The number of benzene rings is 2. The minimum Gasteiger partial charge on any atom is -0.368 e. The van der Waals surface area contributed by atoms with E-state index in [2.05, 4.69) is 21.2 Å². The molecule has 1 saturated heterocycles. The number of aryl methyl sites for hydroxylation is 1. The van der Waals surface area contributed by atoms with Crippen molar-refractivity contribution < 1.29 is 18.0 Å². The molecule has 42 heavy (non-hydrogen) atoms. The van der Waals surface area contributed by atoms with Crippen LogP contribution < -0.4 is 4.90 Å². The van der Waals surface area contributed by atoms with Gasteiger partial charge in [0.15, 0.2) is 11.0 Å². The van der Waals surface area contributed by atoms with Crippen molar-refractivity contribution in [3.8, 4) is 16.4 Å². The predicted octanol–water partition coefficient (Wildman–Crippen LogP) is 7.03. The van der Waals surface area contributed by atoms with E-state index in [1.54, 1.807) is 27.7 Å². The molecule has 1 aliphatic heterocycles. The van der Waals surface area contributed by atoms with E-state index in [9.17, 15) is 18.0 Å². The number of thiazole rings is 1. The molecule has 0 aliphatic carbocycles. The lowest BCUT2D eigenvalue weighted by Gasteiger charge is -2.36. The van der Waals surface area contributed by atoms with E-state index in [1.807, 2.05) is 52.1 Å². The second-order valence-electron chi connectivity index (χ2n) is 9.70. The maximum Gasteiger partial charge on any atom is 0.416 e. The first-order valence-corrected chi connectivity index (χ1v) is 15.9. The topological polar surface area (TPSA) is 67.2 Å². The number of halogens is 3. The van der Waals surface area contributed by atoms with Gasteiger partial charge in [0.25, 0.3) is 5.91 Å². The van der Waals surface area contributed by atoms with Gasteiger partial charge in [0, 0.05) is 37.2 Å². The van der Waals surface area contributed by atoms with Crippen LogP contribution in [0.4, 0.5) is 18.9 Å². The molecule has 0 saturated carbocycles. The molecule has 1 aliphatic rings. The summed E-state index contributed by atoms with van der Waals surface area (Å²) in [6.45, 7) is 3.75. The molecule has 0 spiro atoms. The monoisotopic (exact) mass is 626 g/mol. The molecule has 0 N–H and O–H groups in total. The maximum atomic E-state index is 13.2. The first-order valence-electron chi connectivity index (χ1n) is 13.1. The molecule has 3 aromatic heterocycles. The zero-order chi connectivity index (χ0) is 29.3. The summed E-state index contributed by atoms with van der Waals surface area (Å²) in [7, 11) is 0. The second-order valence-corrected chi connectivity index (χ2v) is 12.5. The van der Waals surface area contributed by atoms with E-state index in [0.29, 0.717) is 43.3 Å². The summed E-state index contributed by atoms with van der Waals surface area (Å²) in [6, 6.07) is 17.5. The highest BCUT2D eigenvalue weighted by molar-refractivity contribution is 7.98. The highest BCUT2D eigenvalue weighted by atomic mass is 32.2. The van der Waals surface area contributed by atoms with Gasteiger partial charge in [-0.2, -0.15) is 13.2 Å². The van der Waals surface area contributed by atoms with Crippen LogP contribution in [0.5, 0.6) is 0 Å². The molecule has 4 heterocycles. The molecule has 13 heteroatoms. The highest BCUT2D eigenvalue weighted by Crippen LogP contribution is 2.34. The lowest BCUT2D eigenvalue weighted by atomic mass is 10.1. The largest absolute Gasteiger partial charge is 0.416 e. The van der Waals surface area contributed by atoms with Gasteiger partial charge in [-0.05, 0) is 54.3 Å². The molecule has 7 nitrogen and oxygen atoms in total. The van der Waals surface area contributed by atoms with Crippen LogP contribution in [0.2, 0.25) is 0 Å². The summed E-state index contributed by atoms with van der Waals surface area (Å²) >= 11 is 4.53. The van der Waals surface area contributed by atoms with Crippen LogP contribution in [-0.2, 0) is 11.9 Å². The summed E-state index contributed by atoms with van der Waals surface area (Å²) < 4.78 is 41.4. The lowest BCUT2D eigenvalue weighted by molar-refractivity contribution is -0.137. The van der Waals surface area contributed by atoms with Crippen molar-refractivity contribution >= 4 is 46.0 Å². The fourth-order valence-corrected chi connectivity index (χ4v) is 7.18. The maximum absolute atomic E-state index is 13.2. The molecule has 0 radical (unpaired) electrons. The van der Waals surface area contributed by atoms with Gasteiger partial charge in [-0.25, -0.2) is 4.98 Å². The number of hydrogen-bond acceptors (Lipinski definition) is 8. The quantitative estimate of drug-likeness (QED) is 0.181. The summed E-state index contributed by atoms with van der Waals surface area (Å²) in [5, 5.41) is 14.3. The van der Waals surface area contributed by atoms with E-state index in [1.165, 1.54) is 29.2 Å². The number of hydrogen-bond donors (Lipinski definition) is 0. The molecule has 1 amide bonds. The van der Waals surface area contributed by atoms with Crippen molar-refractivity contribution in [3.05, 3.63) is 93.3 Å². The normalized spacial score (nSPS) is 14.0. The summed E-state index contributed by atoms with van der Waals surface area (Å²) in [5.74, 6) is 1.13. The first kappa shape index (κ1) is 28.4. The highest BCUT2D eigenvalue weighted by Gasteiger charge is 2.31. The van der Waals surface area contributed by atoms with E-state index in [0.717, 1.165) is 44.2 Å². The van der Waals surface area contributed by atoms with Gasteiger partial charge < -0.3 is 9.80 Å². The standard InChI is InChI=1S/C29H25F3N6OS3/c1-19-5-2-8-22(15-19)38-26(24-9-4-14-40-24)34-35-28(38)42-18-25-33-23(17-41-25)27(39)37-12-10-36(11-13-37)21-7-3-6-20(16-21)29(30,31)32/h2-9,14-17H,10-13,18H2,1H3. The van der Waals surface area contributed by atoms with Gasteiger partial charge in [-0.3, -0.25) is 9.36 Å². The fourth-order valence-electron chi connectivity index (χ4n) is 4.74. The van der Waals surface area contributed by atoms with Gasteiger partial charge in [0.05, 0.1) is 21.9 Å². The van der Waals surface area contributed by atoms with Gasteiger partial charge in [-0.1, -0.05) is 36.0 Å². The third-order valence-corrected chi connectivity index (χ3v) is 9.67. The number of nitrogens with zero attached hydrogens (tertiary/aromatic N) is 6. The van der Waals surface area contributed by atoms with Crippen LogP contribution in [-0.4, -0.2) is 56.7 Å². The molecule has 0 bridgehead atoms. The zero-order valence-corrected chi connectivity index (χ0v) is 24.9. The molecule has 0 atom stereocenters. The number of carbonyl (C=O) groups excluding carboxylic acids is 1. The van der Waals surface area contributed by atoms with Crippen LogP contribution in [0.25, 0.3) is 16.4 Å². The molecule has 5 aromatic rings. The minimum atomic E-state index is -4.39. The molecule has 6 rings (SSSR count). The van der Waals surface area contributed by atoms with Crippen molar-refractivity contribution in [3.63, 3.8) is 0 Å². The number of thioether (sulfide) groups is 1. The molecule has 216 valence electrons. The Bertz CT molecular complexity index is 1690. The SMILES string of the molecule is Cc1cccc(-n2c(SCc3nc(C(=O)N4CCN(c5cccc(C(F)(F)F)c5)CC4)cs3)nnc2-c2cccs2)c1. The van der Waals surface area contributed by atoms with Gasteiger partial charge >= 0.3 is 6.18 Å². The predicted molar refractivity (Wildman–Crippen MR) is 161 cm³/mol. The number of piperazine rings is 1. The van der Waals surface area contributed by atoms with Crippen molar-refractivity contribution in [2.45, 2.75) is 24.0 Å². The number of aromatic nitrogens is 4. The number of carbonyl (C=O) groups is 1. The van der Waals surface area contributed by atoms with E-state index < -0.39 is 11.7 Å². The molecule has 1 fully saturated rings. The Morgan fingerprint density at radius 2 is 1.74 bits per heavy atom. The lowest BCUT2D eigenvalue weighted by Crippen LogP contribution is -2.49. The summed E-state index contributed by atoms with van der Waals surface area (Å²) in [5.41, 5.74) is 2.32. The third kappa shape index (κ3) is 6.08. The van der Waals surface area contributed by atoms with Crippen LogP contribution in [0.15, 0.2) is 76.6 Å². The van der Waals surface area contributed by atoms with E-state index in [4.69, 9.17) is 0 Å². The van der Waals surface area contributed by atoms with Crippen LogP contribution in [0, 0.1) is 6.92 Å². The Balaban J connectivity index is 1.11. The van der Waals surface area contributed by atoms with Gasteiger partial charge in [0.1, 0.15) is 10.7 Å². The average Bonchev–Trinajstić information content (AvgIpc) is 3.76. The van der Waals surface area contributed by atoms with E-state index in [-0.39, 0.29) is 5.91 Å². The molecular weight excluding hydrogens is 602 g/mol. The molecular formula is C29H25F3N6OS3. The van der Waals surface area contributed by atoms with E-state index >= 15 is 0 Å². The van der Waals surface area contributed by atoms with Gasteiger partial charge in [-0.15, -0.1) is 32.9 Å². The average molecular weight is 627 g/mol. The van der Waals surface area contributed by atoms with Crippen LogP contribution >= 0.6 is 34.4 Å². The van der Waals surface area contributed by atoms with Crippen molar-refractivity contribution in [2.24, 2.45) is 0 Å². The number of thiophene rings is 1. The zero-order valence-electron chi connectivity index (χ0n) is 22.4. The Hall–Kier alpha value is -3.68. The summed E-state index contributed by atoms with van der Waals surface area (Å²) in [6.07, 6.45) is -4.39. The van der Waals surface area contributed by atoms with Crippen molar-refractivity contribution in [2.75, 3.05) is 31.1 Å². The van der Waals surface area contributed by atoms with Crippen LogP contribution in [0.1, 0.15) is 26.6 Å². The fraction of sp³-hybridized carbons (Fsp3) is 0.241.